The van der Waals surface area contributed by atoms with Crippen molar-refractivity contribution in [2.75, 3.05) is 21.3 Å². The zero-order chi connectivity index (χ0) is 94.3. The lowest BCUT2D eigenvalue weighted by Crippen LogP contribution is -2.38. The number of phenols is 1. The number of phenolic OH excluding ortho intramolecular Hbond substituents is 1. The van der Waals surface area contributed by atoms with Crippen molar-refractivity contribution in [1.29, 1.82) is 0 Å². The number of para-hydroxylation sites is 2. The molecule has 6 amide bonds. The van der Waals surface area contributed by atoms with E-state index in [-0.39, 0.29) is 35.4 Å². The number of nitro benzene ring substituents is 1. The van der Waals surface area contributed by atoms with Gasteiger partial charge in [0.05, 0.1) is 76.2 Å². The van der Waals surface area contributed by atoms with Gasteiger partial charge in [0, 0.05) is 77.8 Å². The summed E-state index contributed by atoms with van der Waals surface area (Å²) in [5.41, 5.74) is 15.9. The van der Waals surface area contributed by atoms with Gasteiger partial charge >= 0.3 is 11.9 Å². The molecule has 0 unspecified atom stereocenters. The van der Waals surface area contributed by atoms with Crippen LogP contribution in [-0.4, -0.2) is 119 Å². The standard InChI is InChI=1S/C31H31N3O4.C29H28N4O4.C24H23NO5.C19H18N2O7/c1-21-16-24(26-10-6-7-11-28(26)32-21)20-38-25-14-12-22(13-15-25)17-31(18-27(31)29(35)33-37)30(36)34(2)19-23-8-4-3-5-9-23;1-19-14-22(24-4-2-3-5-26(24)32-19)18-37-23-8-6-20(7-9-23)15-29(16-25(29)27(34)33-36)28(35)31-17-21-10-12-30-13-11-21;1-30-23(28)24(14-20(24)22(27)25-29)13-16-7-9-21(26)19(12-16)11-15-6-8-17-4-2-3-5-18(17)10-15;1-11-6-7-14(9-16(11)21(25)26)28-13-5-3-4-12(8-13)19(18(23)27-2)10-15(19)17(22)20-24/h3-16,27,37H,17-20H2,1-2H3,(H,33,35);2-14,25,36H,15-18H2,1H3,(H,31,35)(H,33,34);2-10,12,20,26,29H,11,13-14H2,1H3,(H,25,27);3-9,15,24H,10H2,1-2H3,(H,20,22)/t27-,31+;25-,29+;20-,24+;15-,19-/m1110/s1. The van der Waals surface area contributed by atoms with Crippen molar-refractivity contribution in [3.63, 3.8) is 0 Å². The molecule has 10 N–H and O–H groups in total. The first-order valence-corrected chi connectivity index (χ1v) is 43.0. The van der Waals surface area contributed by atoms with Crippen LogP contribution in [-0.2, 0) is 105 Å². The fourth-order valence-electron chi connectivity index (χ4n) is 17.7. The summed E-state index contributed by atoms with van der Waals surface area (Å²) >= 11 is 0. The van der Waals surface area contributed by atoms with E-state index in [0.29, 0.717) is 99.6 Å². The molecule has 3 aromatic heterocycles. The highest BCUT2D eigenvalue weighted by Crippen LogP contribution is 2.59. The first-order chi connectivity index (χ1) is 64.2. The number of methoxy groups -OCH3 is 2. The van der Waals surface area contributed by atoms with Gasteiger partial charge < -0.3 is 39.0 Å². The fraction of sp³-hybridized carbons (Fsp3) is 0.252. The van der Waals surface area contributed by atoms with E-state index >= 15 is 0 Å². The SMILES string of the molecule is COC(=O)[C@@]1(Cc2ccc(O)c(Cc3ccc4ccccc4c3)c2)C[C@@H]1C(=O)NO.COC(=O)[C@]1(c2cccc(Oc3ccc(C)c([N+](=O)[O-])c3)c2)C[C@H]1C(=O)NO.Cc1cc(COc2ccc(C[C@]3(C(=O)N(C)Cc4ccccc4)C[C@@H]3C(=O)NO)cc2)c2ccccc2n1.Cc1cc(COc2ccc(C[C@]3(C(=O)NCc4ccncc4)C[C@@H]3C(=O)NO)cc2)c2ccccc2n1. The van der Waals surface area contributed by atoms with Gasteiger partial charge in [-0.2, -0.15) is 0 Å². The molecule has 30 heteroatoms. The Morgan fingerprint density at radius 1 is 0.459 bits per heavy atom. The second kappa shape index (κ2) is 41.2. The zero-order valence-electron chi connectivity index (χ0n) is 73.8. The smallest absolute Gasteiger partial charge is 0.317 e. The summed E-state index contributed by atoms with van der Waals surface area (Å²) in [4.78, 5) is 125. The highest BCUT2D eigenvalue weighted by atomic mass is 16.6. The summed E-state index contributed by atoms with van der Waals surface area (Å²) in [7, 11) is 4.27. The predicted octanol–water partition coefficient (Wildman–Crippen LogP) is 14.7. The Morgan fingerprint density at radius 2 is 0.955 bits per heavy atom. The molecule has 10 aromatic carbocycles. The highest BCUT2D eigenvalue weighted by molar-refractivity contribution is 5.99. The number of amides is 6. The molecule has 8 atom stereocenters. The van der Waals surface area contributed by atoms with E-state index in [1.807, 2.05) is 190 Å². The Kier molecular flexibility index (Phi) is 29.0. The Hall–Kier alpha value is -15.4. The number of carbonyl (C=O) groups is 8. The topological polar surface area (TPSA) is 429 Å². The number of aromatic nitrogens is 3. The van der Waals surface area contributed by atoms with E-state index in [1.54, 1.807) is 102 Å². The maximum absolute atomic E-state index is 13.6. The van der Waals surface area contributed by atoms with Crippen molar-refractivity contribution in [1.82, 2.24) is 47.1 Å². The molecule has 0 aliphatic heterocycles. The molecule has 4 saturated carbocycles. The first-order valence-electron chi connectivity index (χ1n) is 43.0. The number of aryl methyl sites for hydroxylation is 3. The van der Waals surface area contributed by atoms with E-state index in [9.17, 15) is 58.8 Å². The number of hydrogen-bond donors (Lipinski definition) is 10. The van der Waals surface area contributed by atoms with Crippen LogP contribution in [0.15, 0.2) is 267 Å². The van der Waals surface area contributed by atoms with E-state index in [1.165, 1.54) is 20.3 Å². The van der Waals surface area contributed by atoms with Crippen LogP contribution >= 0.6 is 0 Å². The largest absolute Gasteiger partial charge is 0.508 e. The molecule has 17 rings (SSSR count). The fourth-order valence-corrected chi connectivity index (χ4v) is 17.7. The molecule has 0 bridgehead atoms. The van der Waals surface area contributed by atoms with Gasteiger partial charge in [0.2, 0.25) is 35.4 Å². The number of nitro groups is 1. The minimum absolute atomic E-state index is 0.0680. The van der Waals surface area contributed by atoms with Gasteiger partial charge in [-0.1, -0.05) is 158 Å². The number of nitrogens with one attached hydrogen (secondary N) is 5. The lowest BCUT2D eigenvalue weighted by atomic mass is 9.91. The lowest BCUT2D eigenvalue weighted by Gasteiger charge is -2.25. The Balaban J connectivity index is 0.000000144. The van der Waals surface area contributed by atoms with Gasteiger partial charge in [0.1, 0.15) is 47.4 Å². The Bertz CT molecular complexity index is 6510. The van der Waals surface area contributed by atoms with Crippen LogP contribution in [0, 0.1) is 70.8 Å². The van der Waals surface area contributed by atoms with E-state index < -0.39 is 85.8 Å². The van der Waals surface area contributed by atoms with Crippen molar-refractivity contribution in [3.05, 3.63) is 350 Å². The number of fused-ring (bicyclic) bond motifs is 3. The number of aromatic hydroxyl groups is 1. The average molecular weight is 1800 g/mol. The molecule has 133 heavy (non-hydrogen) atoms. The van der Waals surface area contributed by atoms with Gasteiger partial charge in [-0.25, -0.2) is 21.9 Å². The average Bonchev–Trinajstić information content (AvgIpc) is 1.56. The molecule has 682 valence electrons. The van der Waals surface area contributed by atoms with Gasteiger partial charge in [0.25, 0.3) is 5.69 Å². The molecule has 4 aliphatic carbocycles. The van der Waals surface area contributed by atoms with Crippen LogP contribution < -0.4 is 41.4 Å². The number of carbonyl (C=O) groups excluding carboxylic acids is 8. The van der Waals surface area contributed by atoms with Gasteiger partial charge in [-0.3, -0.25) is 84.3 Å². The van der Waals surface area contributed by atoms with E-state index in [2.05, 4.69) is 44.5 Å². The second-order valence-electron chi connectivity index (χ2n) is 34.0. The highest BCUT2D eigenvalue weighted by Gasteiger charge is 2.67. The van der Waals surface area contributed by atoms with Crippen LogP contribution in [0.4, 0.5) is 5.69 Å². The van der Waals surface area contributed by atoms with Crippen LogP contribution in [0.25, 0.3) is 32.6 Å². The first kappa shape index (κ1) is 93.8. The van der Waals surface area contributed by atoms with E-state index in [0.717, 1.165) is 94.0 Å². The molecular formula is C103H100N10O20. The number of ether oxygens (including phenoxy) is 5. The number of hydrogen-bond acceptors (Lipinski definition) is 23. The number of rotatable bonds is 30. The third kappa shape index (κ3) is 21.6. The number of pyridine rings is 3. The predicted molar refractivity (Wildman–Crippen MR) is 489 cm³/mol. The Labute approximate surface area is 765 Å². The van der Waals surface area contributed by atoms with Crippen molar-refractivity contribution in [3.8, 4) is 28.7 Å². The van der Waals surface area contributed by atoms with Crippen molar-refractivity contribution in [2.24, 2.45) is 39.9 Å². The van der Waals surface area contributed by atoms with Crippen LogP contribution in [0.3, 0.4) is 0 Å². The zero-order valence-corrected chi connectivity index (χ0v) is 73.8. The van der Waals surface area contributed by atoms with Crippen molar-refractivity contribution in [2.45, 2.75) is 104 Å². The number of hydroxylamine groups is 4. The Morgan fingerprint density at radius 3 is 1.54 bits per heavy atom. The van der Waals surface area contributed by atoms with Crippen molar-refractivity contribution < 1.29 is 92.9 Å². The summed E-state index contributed by atoms with van der Waals surface area (Å²) < 4.78 is 27.6. The van der Waals surface area contributed by atoms with Gasteiger partial charge in [0.15, 0.2) is 0 Å². The molecule has 0 saturated heterocycles. The quantitative estimate of drug-likeness (QED) is 0.00865. The maximum Gasteiger partial charge on any atom is 0.317 e. The normalized spacial score (nSPS) is 19.0. The summed E-state index contributed by atoms with van der Waals surface area (Å²) in [6.45, 7) is 7.18. The van der Waals surface area contributed by atoms with E-state index in [4.69, 9.17) is 39.3 Å². The van der Waals surface area contributed by atoms with Crippen LogP contribution in [0.5, 0.6) is 28.7 Å². The maximum atomic E-state index is 13.6. The van der Waals surface area contributed by atoms with Crippen LogP contribution in [0.2, 0.25) is 0 Å². The van der Waals surface area contributed by atoms with Gasteiger partial charge in [-0.05, 0) is 212 Å². The molecular weight excluding hydrogens is 1700 g/mol. The van der Waals surface area contributed by atoms with Crippen LogP contribution in [0.1, 0.15) is 98.3 Å². The molecule has 3 heterocycles. The summed E-state index contributed by atoms with van der Waals surface area (Å²) in [6, 6.07) is 79.2. The summed E-state index contributed by atoms with van der Waals surface area (Å²) in [6.07, 6.45) is 6.20. The molecule has 30 nitrogen and oxygen atoms in total. The van der Waals surface area contributed by atoms with Crippen molar-refractivity contribution >= 4 is 85.6 Å². The lowest BCUT2D eigenvalue weighted by molar-refractivity contribution is -0.385. The minimum Gasteiger partial charge on any atom is -0.508 e. The molecule has 4 fully saturated rings. The molecule has 0 radical (unpaired) electrons. The number of nitrogens with zero attached hydrogens (tertiary/aromatic N) is 5. The monoisotopic (exact) mass is 1800 g/mol. The third-order valence-electron chi connectivity index (χ3n) is 25.1. The summed E-state index contributed by atoms with van der Waals surface area (Å²) in [5, 5.41) is 65.0. The van der Waals surface area contributed by atoms with Gasteiger partial charge in [-0.15, -0.1) is 0 Å². The molecule has 0 spiro atoms. The second-order valence-corrected chi connectivity index (χ2v) is 34.0. The summed E-state index contributed by atoms with van der Waals surface area (Å²) in [5.74, 6) is -4.05. The minimum atomic E-state index is -1.21. The molecule has 4 aliphatic rings. The molecule has 13 aromatic rings. The third-order valence-corrected chi connectivity index (χ3v) is 25.1. The number of benzene rings is 10. The number of esters is 2.